The first-order valence-corrected chi connectivity index (χ1v) is 16.3. The highest BCUT2D eigenvalue weighted by molar-refractivity contribution is 6.01. The van der Waals surface area contributed by atoms with Gasteiger partial charge in [-0.2, -0.15) is 0 Å². The van der Waals surface area contributed by atoms with Crippen molar-refractivity contribution < 1.29 is 38.1 Å². The van der Waals surface area contributed by atoms with Gasteiger partial charge in [-0.1, -0.05) is 0 Å². The summed E-state index contributed by atoms with van der Waals surface area (Å²) in [5, 5.41) is 0. The summed E-state index contributed by atoms with van der Waals surface area (Å²) in [4.78, 5) is 67.4. The number of rotatable bonds is 10. The zero-order chi connectivity index (χ0) is 36.3. The Morgan fingerprint density at radius 2 is 0.940 bits per heavy atom. The van der Waals surface area contributed by atoms with Crippen LogP contribution in [0.5, 0.6) is 0 Å². The normalized spacial score (nSPS) is 12.6. The Bertz CT molecular complexity index is 2130. The monoisotopic (exact) mass is 682 g/mol. The Kier molecular flexibility index (Phi) is 10.7. The molecule has 0 unspecified atom stereocenters. The molecule has 3 aromatic heterocycles. The average molecular weight is 683 g/mol. The molecule has 5 rings (SSSR count). The van der Waals surface area contributed by atoms with Crippen molar-refractivity contribution in [3.8, 4) is 0 Å². The molecule has 50 heavy (non-hydrogen) atoms. The number of methoxy groups -OCH3 is 4. The third-order valence-electron chi connectivity index (χ3n) is 9.55. The number of fused-ring (bicyclic) bond motifs is 8. The number of nitrogens with zero attached hydrogens (tertiary/aromatic N) is 2. The molecule has 0 aliphatic carbocycles. The second-order valence-corrected chi connectivity index (χ2v) is 12.3. The molecular weight excluding hydrogens is 640 g/mol. The summed E-state index contributed by atoms with van der Waals surface area (Å²) in [5.74, 6) is -1.74. The number of aromatic amines is 2. The van der Waals surface area contributed by atoms with Gasteiger partial charge in [-0.15, -0.1) is 0 Å². The number of hydrogen-bond acceptors (Lipinski definition) is 10. The predicted octanol–water partition coefficient (Wildman–Crippen LogP) is 6.13. The fourth-order valence-electron chi connectivity index (χ4n) is 6.27. The van der Waals surface area contributed by atoms with Gasteiger partial charge in [0.1, 0.15) is 0 Å². The summed E-state index contributed by atoms with van der Waals surface area (Å²) in [6.07, 6.45) is 0.433. The SMILES string of the molecule is COC(=O)CCC1=C(CC(=O)OC)c2cc3[nH]c(cc4nc(cc5[nH]c(cc1n2)c(CCC(=O)OC)c5CC(=O)OC)C(C)=C4C)c(C)c3C. The number of aryl methyl sites for hydroxylation is 3. The van der Waals surface area contributed by atoms with Crippen molar-refractivity contribution in [1.29, 1.82) is 0 Å². The standard InChI is InChI=1S/C38H42N4O8/c1-19-21(3)29-16-33-25(13-37(45)49-7)23(9-11-35(43)47-5)31(41-33)18-32-24(10-12-36(44)48-6)26(14-38(46)50-8)34(42-32)17-30-22(4)20(2)28(40-30)15-27(19)39-29/h15-18,39,42H,9-14H2,1-8H3. The first-order chi connectivity index (χ1) is 23.9. The molecule has 0 saturated heterocycles. The maximum Gasteiger partial charge on any atom is 0.310 e. The Hall–Kier alpha value is -5.52. The predicted molar refractivity (Wildman–Crippen MR) is 189 cm³/mol. The maximum atomic E-state index is 12.8. The van der Waals surface area contributed by atoms with Crippen molar-refractivity contribution in [2.75, 3.05) is 28.4 Å². The van der Waals surface area contributed by atoms with E-state index in [0.717, 1.165) is 44.7 Å². The summed E-state index contributed by atoms with van der Waals surface area (Å²) >= 11 is 0. The summed E-state index contributed by atoms with van der Waals surface area (Å²) in [5.41, 5.74) is 12.1. The fraction of sp³-hybridized carbons (Fsp3) is 0.368. The summed E-state index contributed by atoms with van der Waals surface area (Å²) in [7, 11) is 5.30. The second-order valence-electron chi connectivity index (χ2n) is 12.3. The third kappa shape index (κ3) is 7.24. The van der Waals surface area contributed by atoms with E-state index in [9.17, 15) is 19.2 Å². The van der Waals surface area contributed by atoms with Crippen LogP contribution in [0, 0.1) is 13.8 Å². The lowest BCUT2D eigenvalue weighted by Gasteiger charge is -2.08. The van der Waals surface area contributed by atoms with Crippen LogP contribution >= 0.6 is 0 Å². The number of allylic oxidation sites excluding steroid dienone is 3. The van der Waals surface area contributed by atoms with Gasteiger partial charge >= 0.3 is 23.9 Å². The molecule has 0 saturated carbocycles. The van der Waals surface area contributed by atoms with Gasteiger partial charge in [-0.05, 0) is 109 Å². The molecule has 0 atom stereocenters. The maximum absolute atomic E-state index is 12.8. The zero-order valence-corrected chi connectivity index (χ0v) is 29.7. The topological polar surface area (TPSA) is 163 Å². The Morgan fingerprint density at radius 3 is 1.52 bits per heavy atom. The lowest BCUT2D eigenvalue weighted by Crippen LogP contribution is -2.07. The molecule has 2 aliphatic heterocycles. The number of carbonyl (C=O) groups is 4. The van der Waals surface area contributed by atoms with Crippen LogP contribution in [0.2, 0.25) is 0 Å². The molecule has 0 radical (unpaired) electrons. The molecule has 3 aromatic rings. The minimum Gasteiger partial charge on any atom is -0.469 e. The molecule has 12 heteroatoms. The van der Waals surface area contributed by atoms with E-state index in [0.29, 0.717) is 44.7 Å². The number of ether oxygens (including phenoxy) is 4. The molecule has 2 N–H and O–H groups in total. The van der Waals surface area contributed by atoms with Gasteiger partial charge in [0.25, 0.3) is 0 Å². The van der Waals surface area contributed by atoms with Crippen LogP contribution in [0.1, 0.15) is 84.6 Å². The van der Waals surface area contributed by atoms with Crippen LogP contribution in [0.25, 0.3) is 44.4 Å². The van der Waals surface area contributed by atoms with Crippen LogP contribution in [0.3, 0.4) is 0 Å². The van der Waals surface area contributed by atoms with E-state index in [1.165, 1.54) is 28.4 Å². The van der Waals surface area contributed by atoms with Crippen molar-refractivity contribution in [2.45, 2.75) is 66.2 Å². The summed E-state index contributed by atoms with van der Waals surface area (Å²) in [6, 6.07) is 7.64. The highest BCUT2D eigenvalue weighted by atomic mass is 16.5. The van der Waals surface area contributed by atoms with Crippen LogP contribution in [-0.2, 0) is 51.0 Å². The quantitative estimate of drug-likeness (QED) is 0.188. The summed E-state index contributed by atoms with van der Waals surface area (Å²) < 4.78 is 20.1. The zero-order valence-electron chi connectivity index (χ0n) is 29.7. The number of hydrogen-bond donors (Lipinski definition) is 2. The number of carbonyl (C=O) groups excluding carboxylic acids is 4. The van der Waals surface area contributed by atoms with E-state index in [-0.39, 0.29) is 38.5 Å². The number of nitrogens with one attached hydrogen (secondary N) is 2. The average Bonchev–Trinajstić information content (AvgIpc) is 3.77. The smallest absolute Gasteiger partial charge is 0.310 e. The Morgan fingerprint density at radius 1 is 0.520 bits per heavy atom. The van der Waals surface area contributed by atoms with Crippen molar-refractivity contribution in [2.24, 2.45) is 0 Å². The third-order valence-corrected chi connectivity index (χ3v) is 9.55. The fourth-order valence-corrected chi connectivity index (χ4v) is 6.27. The van der Waals surface area contributed by atoms with E-state index in [1.807, 2.05) is 52.0 Å². The van der Waals surface area contributed by atoms with Gasteiger partial charge in [0.2, 0.25) is 0 Å². The molecule has 2 aliphatic rings. The molecule has 5 heterocycles. The van der Waals surface area contributed by atoms with Crippen molar-refractivity contribution in [3.63, 3.8) is 0 Å². The van der Waals surface area contributed by atoms with Gasteiger partial charge in [-0.3, -0.25) is 19.2 Å². The van der Waals surface area contributed by atoms with Gasteiger partial charge in [0.05, 0.1) is 64.1 Å². The van der Waals surface area contributed by atoms with E-state index in [2.05, 4.69) is 9.97 Å². The van der Waals surface area contributed by atoms with E-state index >= 15 is 0 Å². The molecule has 0 amide bonds. The molecule has 0 aromatic carbocycles. The van der Waals surface area contributed by atoms with E-state index in [4.69, 9.17) is 28.9 Å². The summed E-state index contributed by atoms with van der Waals surface area (Å²) in [6.45, 7) is 8.08. The highest BCUT2D eigenvalue weighted by Gasteiger charge is 2.25. The van der Waals surface area contributed by atoms with Crippen LogP contribution in [0.15, 0.2) is 24.3 Å². The molecule has 12 nitrogen and oxygen atoms in total. The molecule has 0 fully saturated rings. The van der Waals surface area contributed by atoms with Crippen LogP contribution < -0.4 is 0 Å². The molecule has 8 bridgehead atoms. The van der Waals surface area contributed by atoms with Crippen molar-refractivity contribution in [1.82, 2.24) is 19.9 Å². The van der Waals surface area contributed by atoms with E-state index in [1.54, 1.807) is 0 Å². The van der Waals surface area contributed by atoms with Gasteiger partial charge in [-0.25, -0.2) is 9.97 Å². The number of aromatic nitrogens is 4. The Balaban J connectivity index is 1.96. The second kappa shape index (κ2) is 14.9. The van der Waals surface area contributed by atoms with Gasteiger partial charge in [0, 0.05) is 34.9 Å². The van der Waals surface area contributed by atoms with Crippen LogP contribution in [-0.4, -0.2) is 72.3 Å². The lowest BCUT2D eigenvalue weighted by molar-refractivity contribution is -0.141. The molecule has 0 spiro atoms. The minimum absolute atomic E-state index is 0.0479. The van der Waals surface area contributed by atoms with Crippen molar-refractivity contribution >= 4 is 68.2 Å². The highest BCUT2D eigenvalue weighted by Crippen LogP contribution is 2.38. The number of H-pyrrole nitrogens is 2. The lowest BCUT2D eigenvalue weighted by atomic mass is 9.97. The first-order valence-electron chi connectivity index (χ1n) is 16.3. The van der Waals surface area contributed by atoms with Crippen molar-refractivity contribution in [3.05, 3.63) is 69.3 Å². The van der Waals surface area contributed by atoms with Gasteiger partial charge < -0.3 is 28.9 Å². The number of esters is 4. The van der Waals surface area contributed by atoms with E-state index < -0.39 is 23.9 Å². The first kappa shape index (κ1) is 35.8. The molecular formula is C38H42N4O8. The largest absolute Gasteiger partial charge is 0.469 e. The molecule has 262 valence electrons. The minimum atomic E-state index is -0.461. The van der Waals surface area contributed by atoms with Crippen LogP contribution in [0.4, 0.5) is 0 Å². The Labute approximate surface area is 289 Å². The van der Waals surface area contributed by atoms with Gasteiger partial charge in [0.15, 0.2) is 0 Å².